The van der Waals surface area contributed by atoms with Gasteiger partial charge in [0.1, 0.15) is 0 Å². The average Bonchev–Trinajstić information content (AvgIpc) is 2.84. The Bertz CT molecular complexity index is 582. The van der Waals surface area contributed by atoms with Crippen molar-refractivity contribution < 1.29 is 9.90 Å². The quantitative estimate of drug-likeness (QED) is 0.665. The van der Waals surface area contributed by atoms with Crippen molar-refractivity contribution in [2.45, 2.75) is 0 Å². The van der Waals surface area contributed by atoms with Crippen LogP contribution < -0.4 is 5.43 Å². The molecular weight excluding hydrogens is 272 g/mol. The second-order valence-electron chi connectivity index (χ2n) is 3.39. The van der Waals surface area contributed by atoms with Gasteiger partial charge >= 0.3 is 5.97 Å². The first-order valence-corrected chi connectivity index (χ1v) is 6.28. The van der Waals surface area contributed by atoms with Crippen LogP contribution in [0.1, 0.15) is 15.2 Å². The van der Waals surface area contributed by atoms with Crippen molar-refractivity contribution in [2.24, 2.45) is 5.10 Å². The Balaban J connectivity index is 2.10. The molecule has 4 nitrogen and oxygen atoms in total. The van der Waals surface area contributed by atoms with E-state index >= 15 is 0 Å². The number of nitrogens with one attached hydrogen (secondary N) is 1. The predicted octanol–water partition coefficient (Wildman–Crippen LogP) is 3.55. The SMILES string of the molecule is O=C(O)c1cc(NN=Cc2cccs2)ccc1Cl. The minimum absolute atomic E-state index is 0.0491. The lowest BCUT2D eigenvalue weighted by molar-refractivity contribution is 0.0697. The molecule has 18 heavy (non-hydrogen) atoms. The third-order valence-corrected chi connectivity index (χ3v) is 3.26. The van der Waals surface area contributed by atoms with Crippen molar-refractivity contribution in [1.82, 2.24) is 0 Å². The molecule has 2 N–H and O–H groups in total. The fourth-order valence-corrected chi connectivity index (χ4v) is 2.08. The maximum atomic E-state index is 10.9. The molecule has 6 heteroatoms. The van der Waals surface area contributed by atoms with Crippen LogP contribution in [0, 0.1) is 0 Å². The van der Waals surface area contributed by atoms with Crippen LogP contribution in [-0.4, -0.2) is 17.3 Å². The number of hydrogen-bond donors (Lipinski definition) is 2. The molecule has 0 aliphatic rings. The van der Waals surface area contributed by atoms with E-state index in [4.69, 9.17) is 16.7 Å². The second-order valence-corrected chi connectivity index (χ2v) is 4.77. The topological polar surface area (TPSA) is 61.7 Å². The Kier molecular flexibility index (Phi) is 3.96. The molecule has 2 aromatic rings. The van der Waals surface area contributed by atoms with E-state index in [0.29, 0.717) is 5.69 Å². The monoisotopic (exact) mass is 280 g/mol. The predicted molar refractivity (Wildman–Crippen MR) is 73.9 cm³/mol. The molecule has 0 aliphatic heterocycles. The number of carboxylic acids is 1. The van der Waals surface area contributed by atoms with Crippen LogP contribution in [0.2, 0.25) is 5.02 Å². The molecule has 0 bridgehead atoms. The fraction of sp³-hybridized carbons (Fsp3) is 0. The molecule has 0 saturated carbocycles. The normalized spacial score (nSPS) is 10.7. The van der Waals surface area contributed by atoms with Crippen LogP contribution in [-0.2, 0) is 0 Å². The molecule has 0 amide bonds. The van der Waals surface area contributed by atoms with Crippen molar-refractivity contribution in [3.63, 3.8) is 0 Å². The van der Waals surface area contributed by atoms with E-state index in [-0.39, 0.29) is 10.6 Å². The molecule has 1 aromatic heterocycles. The van der Waals surface area contributed by atoms with Gasteiger partial charge in [0.25, 0.3) is 0 Å². The van der Waals surface area contributed by atoms with Gasteiger partial charge in [0.15, 0.2) is 0 Å². The minimum Gasteiger partial charge on any atom is -0.478 e. The molecule has 0 fully saturated rings. The minimum atomic E-state index is -1.06. The van der Waals surface area contributed by atoms with Gasteiger partial charge in [-0.3, -0.25) is 5.43 Å². The first-order chi connectivity index (χ1) is 8.66. The van der Waals surface area contributed by atoms with Crippen LogP contribution in [0.25, 0.3) is 0 Å². The molecule has 0 unspecified atom stereocenters. The number of hydrazone groups is 1. The van der Waals surface area contributed by atoms with E-state index in [9.17, 15) is 4.79 Å². The highest BCUT2D eigenvalue weighted by Gasteiger charge is 2.08. The van der Waals surface area contributed by atoms with E-state index in [1.165, 1.54) is 12.1 Å². The standard InChI is InChI=1S/C12H9ClN2O2S/c13-11-4-3-8(6-10(11)12(16)17)15-14-7-9-2-1-5-18-9/h1-7,15H,(H,16,17). The Hall–Kier alpha value is -1.85. The average molecular weight is 281 g/mol. The van der Waals surface area contributed by atoms with Gasteiger partial charge in [0, 0.05) is 4.88 Å². The number of hydrogen-bond acceptors (Lipinski definition) is 4. The number of carboxylic acid groups (broad SMARTS) is 1. The van der Waals surface area contributed by atoms with Crippen LogP contribution in [0.3, 0.4) is 0 Å². The van der Waals surface area contributed by atoms with Gasteiger partial charge in [0.2, 0.25) is 0 Å². The van der Waals surface area contributed by atoms with Gasteiger partial charge in [0.05, 0.1) is 22.5 Å². The Morgan fingerprint density at radius 3 is 2.94 bits per heavy atom. The molecule has 0 saturated heterocycles. The summed E-state index contributed by atoms with van der Waals surface area (Å²) < 4.78 is 0. The number of benzene rings is 1. The summed E-state index contributed by atoms with van der Waals surface area (Å²) in [5.74, 6) is -1.06. The number of aromatic carboxylic acids is 1. The Morgan fingerprint density at radius 1 is 1.44 bits per heavy atom. The van der Waals surface area contributed by atoms with E-state index in [2.05, 4.69) is 10.5 Å². The van der Waals surface area contributed by atoms with Gasteiger partial charge in [-0.1, -0.05) is 17.7 Å². The van der Waals surface area contributed by atoms with Gasteiger partial charge in [-0.15, -0.1) is 11.3 Å². The maximum Gasteiger partial charge on any atom is 0.337 e. The van der Waals surface area contributed by atoms with Crippen LogP contribution in [0.15, 0.2) is 40.8 Å². The lowest BCUT2D eigenvalue weighted by Crippen LogP contribution is -1.99. The fourth-order valence-electron chi connectivity index (χ4n) is 1.29. The summed E-state index contributed by atoms with van der Waals surface area (Å²) in [5.41, 5.74) is 3.38. The van der Waals surface area contributed by atoms with Crippen molar-refractivity contribution in [1.29, 1.82) is 0 Å². The number of thiophene rings is 1. The molecule has 92 valence electrons. The maximum absolute atomic E-state index is 10.9. The molecular formula is C12H9ClN2O2S. The molecule has 0 aliphatic carbocycles. The number of nitrogens with zero attached hydrogens (tertiary/aromatic N) is 1. The third-order valence-electron chi connectivity index (χ3n) is 2.13. The summed E-state index contributed by atoms with van der Waals surface area (Å²) in [6, 6.07) is 8.49. The zero-order chi connectivity index (χ0) is 13.0. The third kappa shape index (κ3) is 3.09. The lowest BCUT2D eigenvalue weighted by Gasteiger charge is -2.03. The summed E-state index contributed by atoms with van der Waals surface area (Å²) in [7, 11) is 0. The second kappa shape index (κ2) is 5.66. The van der Waals surface area contributed by atoms with Gasteiger partial charge in [-0.25, -0.2) is 4.79 Å². The van der Waals surface area contributed by atoms with Crippen LogP contribution in [0.4, 0.5) is 5.69 Å². The first-order valence-electron chi connectivity index (χ1n) is 5.02. The summed E-state index contributed by atoms with van der Waals surface area (Å²) in [6.07, 6.45) is 1.67. The van der Waals surface area contributed by atoms with Crippen LogP contribution in [0.5, 0.6) is 0 Å². The highest BCUT2D eigenvalue weighted by molar-refractivity contribution is 7.11. The molecule has 0 radical (unpaired) electrons. The Morgan fingerprint density at radius 2 is 2.28 bits per heavy atom. The van der Waals surface area contributed by atoms with Crippen molar-refractivity contribution in [3.8, 4) is 0 Å². The largest absolute Gasteiger partial charge is 0.478 e. The molecule has 1 aromatic carbocycles. The summed E-state index contributed by atoms with van der Waals surface area (Å²) in [4.78, 5) is 11.9. The van der Waals surface area contributed by atoms with E-state index in [1.807, 2.05) is 17.5 Å². The van der Waals surface area contributed by atoms with Gasteiger partial charge in [-0.2, -0.15) is 5.10 Å². The molecule has 0 atom stereocenters. The first kappa shape index (κ1) is 12.6. The zero-order valence-electron chi connectivity index (χ0n) is 9.13. The van der Waals surface area contributed by atoms with E-state index in [1.54, 1.807) is 23.6 Å². The summed E-state index contributed by atoms with van der Waals surface area (Å²) >= 11 is 7.33. The molecule has 0 spiro atoms. The van der Waals surface area contributed by atoms with Gasteiger partial charge in [-0.05, 0) is 29.6 Å². The van der Waals surface area contributed by atoms with E-state index in [0.717, 1.165) is 4.88 Å². The highest BCUT2D eigenvalue weighted by atomic mass is 35.5. The molecule has 2 rings (SSSR count). The Labute approximate surface area is 113 Å². The highest BCUT2D eigenvalue weighted by Crippen LogP contribution is 2.20. The summed E-state index contributed by atoms with van der Waals surface area (Å²) in [6.45, 7) is 0. The van der Waals surface area contributed by atoms with E-state index < -0.39 is 5.97 Å². The van der Waals surface area contributed by atoms with Gasteiger partial charge < -0.3 is 5.11 Å². The van der Waals surface area contributed by atoms with Crippen molar-refractivity contribution >= 4 is 40.8 Å². The van der Waals surface area contributed by atoms with Crippen molar-refractivity contribution in [2.75, 3.05) is 5.43 Å². The van der Waals surface area contributed by atoms with Crippen molar-refractivity contribution in [3.05, 3.63) is 51.2 Å². The number of anilines is 1. The smallest absolute Gasteiger partial charge is 0.337 e. The lowest BCUT2D eigenvalue weighted by atomic mass is 10.2. The zero-order valence-corrected chi connectivity index (χ0v) is 10.7. The molecule has 1 heterocycles. The number of halogens is 1. The number of carbonyl (C=O) groups is 1. The summed E-state index contributed by atoms with van der Waals surface area (Å²) in [5, 5.41) is 15.1. The number of rotatable bonds is 4. The van der Waals surface area contributed by atoms with Crippen LogP contribution >= 0.6 is 22.9 Å².